The Morgan fingerprint density at radius 2 is 2.58 bits per heavy atom. The maximum Gasteiger partial charge on any atom is 0.211 e. The van der Waals surface area contributed by atoms with E-state index < -0.39 is 0 Å². The standard InChI is InChI=1S/C7H8N4O/c1-2-9-7-6(3-8-5-12)4-10-11-7/h2-5H,1H2,(H,8,12)(H,9,11)/b6-3+. The van der Waals surface area contributed by atoms with Crippen LogP contribution in [0.2, 0.25) is 0 Å². The van der Waals surface area contributed by atoms with Crippen molar-refractivity contribution in [2.45, 2.75) is 0 Å². The molecule has 1 heterocycles. The van der Waals surface area contributed by atoms with Gasteiger partial charge in [-0.3, -0.25) is 10.2 Å². The molecule has 5 heteroatoms. The second kappa shape index (κ2) is 4.07. The summed E-state index contributed by atoms with van der Waals surface area (Å²) in [5.74, 6) is 0.569. The van der Waals surface area contributed by atoms with Crippen molar-refractivity contribution < 1.29 is 4.79 Å². The minimum absolute atomic E-state index is 0.569. The van der Waals surface area contributed by atoms with Crippen LogP contribution in [0.3, 0.4) is 0 Å². The van der Waals surface area contributed by atoms with E-state index in [1.807, 2.05) is 0 Å². The Hall–Kier alpha value is -1.91. The highest BCUT2D eigenvalue weighted by Crippen LogP contribution is 1.97. The number of aliphatic imine (C=N–C) groups is 1. The van der Waals surface area contributed by atoms with Crippen molar-refractivity contribution in [1.82, 2.24) is 10.7 Å². The Balaban J connectivity index is 2.74. The summed E-state index contributed by atoms with van der Waals surface area (Å²) in [6.07, 6.45) is 5.02. The van der Waals surface area contributed by atoms with Crippen LogP contribution in [0.15, 0.2) is 34.6 Å². The predicted molar refractivity (Wildman–Crippen MR) is 46.5 cm³/mol. The lowest BCUT2D eigenvalue weighted by Gasteiger charge is -1.94. The van der Waals surface area contributed by atoms with E-state index in [4.69, 9.17) is 0 Å². The van der Waals surface area contributed by atoms with Gasteiger partial charge in [0.05, 0.1) is 11.8 Å². The number of hydrogen-bond acceptors (Lipinski definition) is 3. The summed E-state index contributed by atoms with van der Waals surface area (Å²) < 4.78 is 0. The minimum Gasteiger partial charge on any atom is -0.334 e. The molecule has 0 atom stereocenters. The zero-order chi connectivity index (χ0) is 8.81. The molecule has 0 aromatic rings. The van der Waals surface area contributed by atoms with Crippen molar-refractivity contribution in [1.29, 1.82) is 0 Å². The average Bonchev–Trinajstić information content (AvgIpc) is 2.50. The normalized spacial score (nSPS) is 21.0. The molecule has 0 aliphatic carbocycles. The quantitative estimate of drug-likeness (QED) is 0.565. The molecule has 0 aromatic carbocycles. The van der Waals surface area contributed by atoms with Gasteiger partial charge in [0.2, 0.25) is 6.41 Å². The second-order valence-corrected chi connectivity index (χ2v) is 1.91. The molecule has 0 fully saturated rings. The van der Waals surface area contributed by atoms with E-state index in [1.54, 1.807) is 6.21 Å². The zero-order valence-corrected chi connectivity index (χ0v) is 6.32. The van der Waals surface area contributed by atoms with E-state index in [0.29, 0.717) is 17.8 Å². The van der Waals surface area contributed by atoms with Crippen LogP contribution in [0, 0.1) is 0 Å². The SMILES string of the molecule is C=C/N=C1/NN=C/C1=C\NC=O. The molecule has 0 radical (unpaired) electrons. The lowest BCUT2D eigenvalue weighted by Crippen LogP contribution is -2.14. The van der Waals surface area contributed by atoms with Crippen molar-refractivity contribution in [3.05, 3.63) is 24.6 Å². The molecule has 0 spiro atoms. The van der Waals surface area contributed by atoms with Gasteiger partial charge in [0.1, 0.15) is 0 Å². The minimum atomic E-state index is 0.569. The van der Waals surface area contributed by atoms with Gasteiger partial charge < -0.3 is 5.32 Å². The molecule has 5 nitrogen and oxygen atoms in total. The molecule has 1 aliphatic heterocycles. The molecule has 1 amide bonds. The molecule has 1 aliphatic rings. The summed E-state index contributed by atoms with van der Waals surface area (Å²) in [5.41, 5.74) is 3.35. The van der Waals surface area contributed by atoms with Crippen LogP contribution in [0.25, 0.3) is 0 Å². The number of nitrogens with zero attached hydrogens (tertiary/aromatic N) is 2. The molecule has 0 aromatic heterocycles. The third-order valence-electron chi connectivity index (χ3n) is 1.17. The van der Waals surface area contributed by atoms with Crippen molar-refractivity contribution in [2.24, 2.45) is 10.1 Å². The van der Waals surface area contributed by atoms with Crippen molar-refractivity contribution in [2.75, 3.05) is 0 Å². The molecule has 0 saturated carbocycles. The summed E-state index contributed by atoms with van der Waals surface area (Å²) >= 11 is 0. The van der Waals surface area contributed by atoms with Crippen LogP contribution in [0.1, 0.15) is 0 Å². The Morgan fingerprint density at radius 3 is 3.25 bits per heavy atom. The van der Waals surface area contributed by atoms with Crippen molar-refractivity contribution in [3.8, 4) is 0 Å². The number of carbonyl (C=O) groups excluding carboxylic acids is 1. The van der Waals surface area contributed by atoms with E-state index in [0.717, 1.165) is 0 Å². The molecule has 62 valence electrons. The number of amides is 1. The van der Waals surface area contributed by atoms with E-state index in [9.17, 15) is 4.79 Å². The Kier molecular flexibility index (Phi) is 2.78. The first-order valence-electron chi connectivity index (χ1n) is 3.26. The Bertz CT molecular complexity index is 277. The Morgan fingerprint density at radius 1 is 1.75 bits per heavy atom. The molecule has 0 bridgehead atoms. The fraction of sp³-hybridized carbons (Fsp3) is 0. The summed E-state index contributed by atoms with van der Waals surface area (Å²) in [7, 11) is 0. The summed E-state index contributed by atoms with van der Waals surface area (Å²) in [6, 6.07) is 0. The molecular weight excluding hydrogens is 156 g/mol. The van der Waals surface area contributed by atoms with Crippen LogP contribution >= 0.6 is 0 Å². The fourth-order valence-corrected chi connectivity index (χ4v) is 0.713. The fourth-order valence-electron chi connectivity index (χ4n) is 0.713. The molecular formula is C7H8N4O. The third-order valence-corrected chi connectivity index (χ3v) is 1.17. The maximum atomic E-state index is 9.95. The predicted octanol–water partition coefficient (Wildman–Crippen LogP) is -0.253. The van der Waals surface area contributed by atoms with Crippen LogP contribution in [0.4, 0.5) is 0 Å². The summed E-state index contributed by atoms with van der Waals surface area (Å²) in [5, 5.41) is 6.13. The maximum absolute atomic E-state index is 9.95. The number of rotatable bonds is 3. The average molecular weight is 164 g/mol. The summed E-state index contributed by atoms with van der Waals surface area (Å²) in [6.45, 7) is 3.44. The Labute approximate surface area is 69.6 Å². The number of hydrazone groups is 1. The van der Waals surface area contributed by atoms with E-state index in [2.05, 4.69) is 27.4 Å². The highest BCUT2D eigenvalue weighted by molar-refractivity contribution is 6.18. The molecule has 0 unspecified atom stereocenters. The first kappa shape index (κ1) is 8.19. The van der Waals surface area contributed by atoms with Gasteiger partial charge in [-0.05, 0) is 0 Å². The van der Waals surface area contributed by atoms with Crippen molar-refractivity contribution in [3.63, 3.8) is 0 Å². The first-order valence-corrected chi connectivity index (χ1v) is 3.26. The van der Waals surface area contributed by atoms with Crippen LogP contribution in [-0.2, 0) is 4.79 Å². The van der Waals surface area contributed by atoms with E-state index >= 15 is 0 Å². The van der Waals surface area contributed by atoms with E-state index in [-0.39, 0.29) is 0 Å². The monoisotopic (exact) mass is 164 g/mol. The molecule has 0 saturated heterocycles. The van der Waals surface area contributed by atoms with Crippen LogP contribution in [0.5, 0.6) is 0 Å². The van der Waals surface area contributed by atoms with E-state index in [1.165, 1.54) is 12.4 Å². The molecule has 2 N–H and O–H groups in total. The highest BCUT2D eigenvalue weighted by atomic mass is 16.1. The molecule has 12 heavy (non-hydrogen) atoms. The van der Waals surface area contributed by atoms with Crippen LogP contribution in [-0.4, -0.2) is 18.5 Å². The van der Waals surface area contributed by atoms with Gasteiger partial charge in [0.15, 0.2) is 5.84 Å². The van der Waals surface area contributed by atoms with Crippen molar-refractivity contribution >= 4 is 18.5 Å². The second-order valence-electron chi connectivity index (χ2n) is 1.91. The number of hydrogen-bond donors (Lipinski definition) is 2. The smallest absolute Gasteiger partial charge is 0.211 e. The van der Waals surface area contributed by atoms with Gasteiger partial charge in [-0.1, -0.05) is 6.58 Å². The number of nitrogens with one attached hydrogen (secondary N) is 2. The van der Waals surface area contributed by atoms with Gasteiger partial charge in [-0.15, -0.1) is 0 Å². The topological polar surface area (TPSA) is 65.8 Å². The zero-order valence-electron chi connectivity index (χ0n) is 6.32. The lowest BCUT2D eigenvalue weighted by molar-refractivity contribution is -0.108. The van der Waals surface area contributed by atoms with Gasteiger partial charge >= 0.3 is 0 Å². The number of carbonyl (C=O) groups is 1. The van der Waals surface area contributed by atoms with Gasteiger partial charge in [0.25, 0.3) is 0 Å². The molecule has 1 rings (SSSR count). The highest BCUT2D eigenvalue weighted by Gasteiger charge is 2.08. The number of amidine groups is 1. The lowest BCUT2D eigenvalue weighted by atomic mass is 10.3. The third kappa shape index (κ3) is 1.79. The van der Waals surface area contributed by atoms with Gasteiger partial charge in [0, 0.05) is 12.4 Å². The van der Waals surface area contributed by atoms with Gasteiger partial charge in [-0.25, -0.2) is 4.99 Å². The van der Waals surface area contributed by atoms with Gasteiger partial charge in [-0.2, -0.15) is 5.10 Å². The largest absolute Gasteiger partial charge is 0.334 e. The summed E-state index contributed by atoms with van der Waals surface area (Å²) in [4.78, 5) is 13.8. The first-order chi connectivity index (χ1) is 5.88. The van der Waals surface area contributed by atoms with Crippen LogP contribution < -0.4 is 10.7 Å².